The number of piperidine rings is 1. The standard InChI is InChI=1S/C13H29N3O2S/c1-4-7-14-10-12(2)19(17,18)15-11-13-5-8-16(3)9-6-13/h12-15H,4-11H2,1-3H3. The number of sulfonamides is 1. The van der Waals surface area contributed by atoms with Crippen molar-refractivity contribution in [2.24, 2.45) is 5.92 Å². The van der Waals surface area contributed by atoms with Crippen molar-refractivity contribution < 1.29 is 8.42 Å². The molecule has 0 aromatic heterocycles. The first-order valence-electron chi connectivity index (χ1n) is 7.33. The summed E-state index contributed by atoms with van der Waals surface area (Å²) in [7, 11) is -1.07. The van der Waals surface area contributed by atoms with E-state index in [2.05, 4.69) is 28.9 Å². The van der Waals surface area contributed by atoms with Crippen molar-refractivity contribution in [2.75, 3.05) is 39.8 Å². The molecule has 1 aliphatic rings. The minimum atomic E-state index is -3.18. The quantitative estimate of drug-likeness (QED) is 0.644. The van der Waals surface area contributed by atoms with Crippen LogP contribution in [0.2, 0.25) is 0 Å². The molecule has 1 atom stereocenters. The molecule has 1 heterocycles. The lowest BCUT2D eigenvalue weighted by Crippen LogP contribution is -2.42. The molecule has 1 fully saturated rings. The molecule has 5 nitrogen and oxygen atoms in total. The molecule has 0 aromatic rings. The Labute approximate surface area is 118 Å². The number of rotatable bonds is 8. The summed E-state index contributed by atoms with van der Waals surface area (Å²) in [5.41, 5.74) is 0. The van der Waals surface area contributed by atoms with Crippen LogP contribution in [0.3, 0.4) is 0 Å². The fourth-order valence-corrected chi connectivity index (χ4v) is 3.32. The molecule has 1 saturated heterocycles. The van der Waals surface area contributed by atoms with E-state index in [0.29, 0.717) is 19.0 Å². The molecule has 0 aromatic carbocycles. The van der Waals surface area contributed by atoms with Gasteiger partial charge < -0.3 is 10.2 Å². The van der Waals surface area contributed by atoms with E-state index in [-0.39, 0.29) is 5.25 Å². The third-order valence-electron chi connectivity index (χ3n) is 3.80. The van der Waals surface area contributed by atoms with Gasteiger partial charge in [0.1, 0.15) is 0 Å². The maximum absolute atomic E-state index is 12.1. The predicted octanol–water partition coefficient (Wildman–Crippen LogP) is 0.636. The number of likely N-dealkylation sites (tertiary alicyclic amines) is 1. The Morgan fingerprint density at radius 3 is 2.53 bits per heavy atom. The van der Waals surface area contributed by atoms with Crippen LogP contribution in [0.1, 0.15) is 33.1 Å². The molecule has 0 saturated carbocycles. The smallest absolute Gasteiger partial charge is 0.215 e. The highest BCUT2D eigenvalue weighted by molar-refractivity contribution is 7.90. The first kappa shape index (κ1) is 16.9. The molecule has 2 N–H and O–H groups in total. The Morgan fingerprint density at radius 1 is 1.32 bits per heavy atom. The predicted molar refractivity (Wildman–Crippen MR) is 79.8 cm³/mol. The fraction of sp³-hybridized carbons (Fsp3) is 1.00. The summed E-state index contributed by atoms with van der Waals surface area (Å²) in [6.07, 6.45) is 3.19. The van der Waals surface area contributed by atoms with Gasteiger partial charge in [-0.05, 0) is 58.8 Å². The third kappa shape index (κ3) is 6.21. The number of nitrogens with zero attached hydrogens (tertiary/aromatic N) is 1. The van der Waals surface area contributed by atoms with Crippen molar-refractivity contribution >= 4 is 10.0 Å². The number of hydrogen-bond acceptors (Lipinski definition) is 4. The molecule has 0 aliphatic carbocycles. The summed E-state index contributed by atoms with van der Waals surface area (Å²) in [5.74, 6) is 0.488. The van der Waals surface area contributed by atoms with Crippen LogP contribution in [0.4, 0.5) is 0 Å². The van der Waals surface area contributed by atoms with E-state index in [9.17, 15) is 8.42 Å². The van der Waals surface area contributed by atoms with E-state index in [0.717, 1.165) is 38.9 Å². The molecule has 1 unspecified atom stereocenters. The van der Waals surface area contributed by atoms with Crippen molar-refractivity contribution in [2.45, 2.75) is 38.4 Å². The molecule has 6 heteroatoms. The van der Waals surface area contributed by atoms with Crippen molar-refractivity contribution in [1.29, 1.82) is 0 Å². The SMILES string of the molecule is CCCNCC(C)S(=O)(=O)NCC1CCN(C)CC1. The van der Waals surface area contributed by atoms with Gasteiger partial charge in [-0.2, -0.15) is 0 Å². The van der Waals surface area contributed by atoms with Crippen molar-refractivity contribution in [3.8, 4) is 0 Å². The molecule has 1 aliphatic heterocycles. The lowest BCUT2D eigenvalue weighted by Gasteiger charge is -2.29. The maximum atomic E-state index is 12.1. The number of nitrogens with one attached hydrogen (secondary N) is 2. The molecular weight excluding hydrogens is 262 g/mol. The van der Waals surface area contributed by atoms with Crippen LogP contribution >= 0.6 is 0 Å². The van der Waals surface area contributed by atoms with Crippen LogP contribution < -0.4 is 10.0 Å². The summed E-state index contributed by atoms with van der Waals surface area (Å²) in [5, 5.41) is 2.79. The van der Waals surface area contributed by atoms with E-state index in [4.69, 9.17) is 0 Å². The van der Waals surface area contributed by atoms with Crippen LogP contribution in [0, 0.1) is 5.92 Å². The summed E-state index contributed by atoms with van der Waals surface area (Å²) in [6, 6.07) is 0. The monoisotopic (exact) mass is 291 g/mol. The van der Waals surface area contributed by atoms with Gasteiger partial charge in [-0.25, -0.2) is 13.1 Å². The zero-order valence-electron chi connectivity index (χ0n) is 12.5. The van der Waals surface area contributed by atoms with Gasteiger partial charge in [0.05, 0.1) is 5.25 Å². The van der Waals surface area contributed by atoms with Crippen LogP contribution in [-0.2, 0) is 10.0 Å². The Hall–Kier alpha value is -0.170. The average molecular weight is 291 g/mol. The molecular formula is C13H29N3O2S. The minimum absolute atomic E-state index is 0.370. The largest absolute Gasteiger partial charge is 0.315 e. The summed E-state index contributed by atoms with van der Waals surface area (Å²) < 4.78 is 26.9. The molecule has 0 spiro atoms. The van der Waals surface area contributed by atoms with E-state index >= 15 is 0 Å². The summed E-state index contributed by atoms with van der Waals surface area (Å²) in [4.78, 5) is 2.29. The molecule has 0 amide bonds. The van der Waals surface area contributed by atoms with Gasteiger partial charge in [0.25, 0.3) is 0 Å². The van der Waals surface area contributed by atoms with E-state index in [1.165, 1.54) is 0 Å². The number of hydrogen-bond donors (Lipinski definition) is 2. The van der Waals surface area contributed by atoms with Gasteiger partial charge in [-0.3, -0.25) is 0 Å². The Kier molecular flexibility index (Phi) is 7.28. The zero-order chi connectivity index (χ0) is 14.3. The van der Waals surface area contributed by atoms with Gasteiger partial charge in [-0.1, -0.05) is 6.92 Å². The Bertz CT molecular complexity index is 338. The van der Waals surface area contributed by atoms with Gasteiger partial charge >= 0.3 is 0 Å². The molecule has 0 bridgehead atoms. The summed E-state index contributed by atoms with van der Waals surface area (Å²) >= 11 is 0. The molecule has 19 heavy (non-hydrogen) atoms. The third-order valence-corrected chi connectivity index (χ3v) is 5.59. The lowest BCUT2D eigenvalue weighted by atomic mass is 9.98. The maximum Gasteiger partial charge on any atom is 0.215 e. The second kappa shape index (κ2) is 8.19. The van der Waals surface area contributed by atoms with Gasteiger partial charge in [0.15, 0.2) is 0 Å². The van der Waals surface area contributed by atoms with Gasteiger partial charge in [0.2, 0.25) is 10.0 Å². The second-order valence-electron chi connectivity index (χ2n) is 5.65. The van der Waals surface area contributed by atoms with Crippen molar-refractivity contribution in [3.63, 3.8) is 0 Å². The van der Waals surface area contributed by atoms with Crippen molar-refractivity contribution in [1.82, 2.24) is 14.9 Å². The first-order valence-corrected chi connectivity index (χ1v) is 8.88. The topological polar surface area (TPSA) is 61.4 Å². The Balaban J connectivity index is 2.29. The van der Waals surface area contributed by atoms with Crippen LogP contribution in [0.5, 0.6) is 0 Å². The molecule has 0 radical (unpaired) electrons. The highest BCUT2D eigenvalue weighted by atomic mass is 32.2. The van der Waals surface area contributed by atoms with Crippen LogP contribution in [-0.4, -0.2) is 58.3 Å². The van der Waals surface area contributed by atoms with Crippen LogP contribution in [0.25, 0.3) is 0 Å². The second-order valence-corrected chi connectivity index (χ2v) is 7.84. The van der Waals surface area contributed by atoms with E-state index in [1.54, 1.807) is 6.92 Å². The minimum Gasteiger partial charge on any atom is -0.315 e. The zero-order valence-corrected chi connectivity index (χ0v) is 13.3. The first-order chi connectivity index (χ1) is 8.95. The van der Waals surface area contributed by atoms with Crippen molar-refractivity contribution in [3.05, 3.63) is 0 Å². The van der Waals surface area contributed by atoms with E-state index in [1.807, 2.05) is 0 Å². The normalized spacial score (nSPS) is 20.6. The molecule has 1 rings (SSSR count). The lowest BCUT2D eigenvalue weighted by molar-refractivity contribution is 0.220. The van der Waals surface area contributed by atoms with Gasteiger partial charge in [0, 0.05) is 13.1 Å². The Morgan fingerprint density at radius 2 is 1.95 bits per heavy atom. The average Bonchev–Trinajstić information content (AvgIpc) is 2.38. The highest BCUT2D eigenvalue weighted by Crippen LogP contribution is 2.15. The summed E-state index contributed by atoms with van der Waals surface area (Å²) in [6.45, 7) is 7.96. The molecule has 114 valence electrons. The van der Waals surface area contributed by atoms with Crippen LogP contribution in [0.15, 0.2) is 0 Å². The highest BCUT2D eigenvalue weighted by Gasteiger charge is 2.23. The fourth-order valence-electron chi connectivity index (χ4n) is 2.23. The van der Waals surface area contributed by atoms with E-state index < -0.39 is 10.0 Å². The van der Waals surface area contributed by atoms with Gasteiger partial charge in [-0.15, -0.1) is 0 Å².